The van der Waals surface area contributed by atoms with Crippen molar-refractivity contribution in [2.75, 3.05) is 0 Å². The van der Waals surface area contributed by atoms with Gasteiger partial charge in [0.15, 0.2) is 11.6 Å². The highest BCUT2D eigenvalue weighted by molar-refractivity contribution is 5.35. The van der Waals surface area contributed by atoms with Gasteiger partial charge < -0.3 is 9.84 Å². The van der Waals surface area contributed by atoms with Gasteiger partial charge in [-0.15, -0.1) is 0 Å². The Morgan fingerprint density at radius 1 is 1.19 bits per heavy atom. The lowest BCUT2D eigenvalue weighted by molar-refractivity contribution is 0.198. The third-order valence-electron chi connectivity index (χ3n) is 2.98. The molecule has 21 heavy (non-hydrogen) atoms. The van der Waals surface area contributed by atoms with Crippen LogP contribution >= 0.6 is 0 Å². The van der Waals surface area contributed by atoms with Gasteiger partial charge in [0.1, 0.15) is 18.5 Å². The summed E-state index contributed by atoms with van der Waals surface area (Å²) in [5.74, 6) is -1.16. The summed E-state index contributed by atoms with van der Waals surface area (Å²) in [5.41, 5.74) is 0.932. The van der Waals surface area contributed by atoms with Crippen LogP contribution in [0.15, 0.2) is 36.4 Å². The molecule has 0 aromatic heterocycles. The summed E-state index contributed by atoms with van der Waals surface area (Å²) < 4.78 is 32.3. The fourth-order valence-electron chi connectivity index (χ4n) is 1.80. The lowest BCUT2D eigenvalue weighted by atomic mass is 10.1. The number of nitriles is 1. The SMILES string of the molecule is C[C@H](O)c1ccc(OCc2ccc(F)c(C#N)c2)c(F)c1. The average Bonchev–Trinajstić information content (AvgIpc) is 2.47. The highest BCUT2D eigenvalue weighted by Crippen LogP contribution is 2.23. The van der Waals surface area contributed by atoms with E-state index in [2.05, 4.69) is 0 Å². The summed E-state index contributed by atoms with van der Waals surface area (Å²) in [6.45, 7) is 1.55. The second-order valence-corrected chi connectivity index (χ2v) is 4.58. The number of aliphatic hydroxyl groups is 1. The number of nitrogens with zero attached hydrogens (tertiary/aromatic N) is 1. The van der Waals surface area contributed by atoms with E-state index >= 15 is 0 Å². The zero-order valence-electron chi connectivity index (χ0n) is 11.3. The van der Waals surface area contributed by atoms with E-state index in [1.165, 1.54) is 37.3 Å². The Bertz CT molecular complexity index is 693. The minimum Gasteiger partial charge on any atom is -0.486 e. The molecule has 5 heteroatoms. The molecule has 2 aromatic rings. The highest BCUT2D eigenvalue weighted by atomic mass is 19.1. The number of aliphatic hydroxyl groups excluding tert-OH is 1. The molecule has 0 spiro atoms. The molecule has 0 aliphatic carbocycles. The summed E-state index contributed by atoms with van der Waals surface area (Å²) in [5, 5.41) is 18.1. The summed E-state index contributed by atoms with van der Waals surface area (Å²) in [6, 6.07) is 9.92. The Balaban J connectivity index is 2.12. The fraction of sp³-hybridized carbons (Fsp3) is 0.188. The van der Waals surface area contributed by atoms with Crippen LogP contribution in [0.3, 0.4) is 0 Å². The first-order valence-electron chi connectivity index (χ1n) is 6.30. The van der Waals surface area contributed by atoms with Gasteiger partial charge in [-0.3, -0.25) is 0 Å². The van der Waals surface area contributed by atoms with Gasteiger partial charge in [-0.05, 0) is 42.3 Å². The molecule has 0 saturated carbocycles. The van der Waals surface area contributed by atoms with E-state index < -0.39 is 17.7 Å². The molecule has 108 valence electrons. The molecule has 1 N–H and O–H groups in total. The molecular formula is C16H13F2NO2. The summed E-state index contributed by atoms with van der Waals surface area (Å²) >= 11 is 0. The van der Waals surface area contributed by atoms with Crippen LogP contribution in [0.4, 0.5) is 8.78 Å². The second kappa shape index (κ2) is 6.33. The first kappa shape index (κ1) is 14.9. The van der Waals surface area contributed by atoms with Crippen molar-refractivity contribution in [3.8, 4) is 11.8 Å². The number of benzene rings is 2. The predicted molar refractivity (Wildman–Crippen MR) is 72.5 cm³/mol. The van der Waals surface area contributed by atoms with E-state index in [4.69, 9.17) is 10.00 Å². The summed E-state index contributed by atoms with van der Waals surface area (Å²) in [7, 11) is 0. The minimum atomic E-state index is -0.760. The third kappa shape index (κ3) is 3.56. The first-order chi connectivity index (χ1) is 10.0. The maximum atomic E-state index is 13.8. The number of hydrogen-bond acceptors (Lipinski definition) is 3. The zero-order chi connectivity index (χ0) is 15.4. The molecule has 0 fully saturated rings. The maximum Gasteiger partial charge on any atom is 0.165 e. The van der Waals surface area contributed by atoms with Gasteiger partial charge in [-0.1, -0.05) is 12.1 Å². The molecule has 2 rings (SSSR count). The molecule has 1 atom stereocenters. The Morgan fingerprint density at radius 2 is 1.95 bits per heavy atom. The van der Waals surface area contributed by atoms with Crippen molar-refractivity contribution in [1.29, 1.82) is 5.26 Å². The summed E-state index contributed by atoms with van der Waals surface area (Å²) in [6.07, 6.45) is -0.760. The molecule has 0 bridgehead atoms. The van der Waals surface area contributed by atoms with E-state index in [1.807, 2.05) is 0 Å². The topological polar surface area (TPSA) is 53.2 Å². The second-order valence-electron chi connectivity index (χ2n) is 4.58. The van der Waals surface area contributed by atoms with Crippen molar-refractivity contribution in [3.05, 3.63) is 64.7 Å². The molecule has 0 heterocycles. The monoisotopic (exact) mass is 289 g/mol. The molecule has 2 aromatic carbocycles. The molecule has 0 radical (unpaired) electrons. The summed E-state index contributed by atoms with van der Waals surface area (Å²) in [4.78, 5) is 0. The van der Waals surface area contributed by atoms with E-state index in [1.54, 1.807) is 12.1 Å². The van der Waals surface area contributed by atoms with Crippen molar-refractivity contribution in [1.82, 2.24) is 0 Å². The molecular weight excluding hydrogens is 276 g/mol. The van der Waals surface area contributed by atoms with Crippen LogP contribution in [-0.2, 0) is 6.61 Å². The van der Waals surface area contributed by atoms with Gasteiger partial charge in [-0.25, -0.2) is 8.78 Å². The predicted octanol–water partition coefficient (Wildman–Crippen LogP) is 3.47. The van der Waals surface area contributed by atoms with Crippen molar-refractivity contribution in [3.63, 3.8) is 0 Å². The first-order valence-corrected chi connectivity index (χ1v) is 6.30. The Morgan fingerprint density at radius 3 is 2.57 bits per heavy atom. The van der Waals surface area contributed by atoms with Crippen LogP contribution in [-0.4, -0.2) is 5.11 Å². The van der Waals surface area contributed by atoms with Gasteiger partial charge in [0.2, 0.25) is 0 Å². The molecule has 0 aliphatic rings. The van der Waals surface area contributed by atoms with Crippen molar-refractivity contribution < 1.29 is 18.6 Å². The van der Waals surface area contributed by atoms with E-state index in [0.717, 1.165) is 0 Å². The largest absolute Gasteiger partial charge is 0.486 e. The fourth-order valence-corrected chi connectivity index (χ4v) is 1.80. The van der Waals surface area contributed by atoms with Crippen LogP contribution in [0.5, 0.6) is 5.75 Å². The smallest absolute Gasteiger partial charge is 0.165 e. The quantitative estimate of drug-likeness (QED) is 0.937. The van der Waals surface area contributed by atoms with E-state index in [0.29, 0.717) is 11.1 Å². The van der Waals surface area contributed by atoms with Gasteiger partial charge >= 0.3 is 0 Å². The van der Waals surface area contributed by atoms with Gasteiger partial charge in [-0.2, -0.15) is 5.26 Å². The van der Waals surface area contributed by atoms with Crippen LogP contribution in [0, 0.1) is 23.0 Å². The maximum absolute atomic E-state index is 13.8. The highest BCUT2D eigenvalue weighted by Gasteiger charge is 2.09. The normalized spacial score (nSPS) is 11.8. The number of ether oxygens (including phenoxy) is 1. The Kier molecular flexibility index (Phi) is 4.51. The Labute approximate surface area is 121 Å². The standard InChI is InChI=1S/C16H13F2NO2/c1-10(20)12-3-5-16(15(18)7-12)21-9-11-2-4-14(17)13(6-11)8-19/h2-7,10,20H,9H2,1H3/t10-/m0/s1. The minimum absolute atomic E-state index is 0.0138. The molecule has 0 unspecified atom stereocenters. The van der Waals surface area contributed by atoms with Crippen LogP contribution in [0.1, 0.15) is 29.7 Å². The molecule has 3 nitrogen and oxygen atoms in total. The van der Waals surface area contributed by atoms with Crippen molar-refractivity contribution in [2.45, 2.75) is 19.6 Å². The van der Waals surface area contributed by atoms with Crippen molar-refractivity contribution >= 4 is 0 Å². The Hall–Kier alpha value is -2.45. The van der Waals surface area contributed by atoms with Gasteiger partial charge in [0.25, 0.3) is 0 Å². The number of rotatable bonds is 4. The molecule has 0 amide bonds. The zero-order valence-corrected chi connectivity index (χ0v) is 11.3. The molecule has 0 aliphatic heterocycles. The lowest BCUT2D eigenvalue weighted by Gasteiger charge is -2.10. The van der Waals surface area contributed by atoms with Crippen LogP contribution < -0.4 is 4.74 Å². The van der Waals surface area contributed by atoms with Gasteiger partial charge in [0, 0.05) is 0 Å². The van der Waals surface area contributed by atoms with Crippen LogP contribution in [0.2, 0.25) is 0 Å². The average molecular weight is 289 g/mol. The van der Waals surface area contributed by atoms with Crippen LogP contribution in [0.25, 0.3) is 0 Å². The van der Waals surface area contributed by atoms with E-state index in [-0.39, 0.29) is 17.9 Å². The molecule has 0 saturated heterocycles. The number of halogens is 2. The van der Waals surface area contributed by atoms with E-state index in [9.17, 15) is 13.9 Å². The third-order valence-corrected chi connectivity index (χ3v) is 2.98. The van der Waals surface area contributed by atoms with Gasteiger partial charge in [0.05, 0.1) is 11.7 Å². The van der Waals surface area contributed by atoms with Crippen molar-refractivity contribution in [2.24, 2.45) is 0 Å². The lowest BCUT2D eigenvalue weighted by Crippen LogP contribution is -2.00. The number of hydrogen-bond donors (Lipinski definition) is 1.